The zero-order valence-electron chi connectivity index (χ0n) is 22.7. The van der Waals surface area contributed by atoms with E-state index in [-0.39, 0.29) is 0 Å². The lowest BCUT2D eigenvalue weighted by atomic mass is 10.0. The summed E-state index contributed by atoms with van der Waals surface area (Å²) in [5.74, 6) is 0.676. The number of aromatic amines is 2. The topological polar surface area (TPSA) is 122 Å². The van der Waals surface area contributed by atoms with Crippen LogP contribution < -0.4 is 10.2 Å². The highest BCUT2D eigenvalue weighted by atomic mass is 16.3. The van der Waals surface area contributed by atoms with E-state index in [1.165, 1.54) is 0 Å². The van der Waals surface area contributed by atoms with Crippen molar-refractivity contribution in [1.29, 1.82) is 0 Å². The molecule has 1 fully saturated rings. The summed E-state index contributed by atoms with van der Waals surface area (Å²) in [6, 6.07) is 20.1. The highest BCUT2D eigenvalue weighted by Gasteiger charge is 2.20. The average Bonchev–Trinajstić information content (AvgIpc) is 3.62. The summed E-state index contributed by atoms with van der Waals surface area (Å²) in [5.41, 5.74) is 8.11. The molecule has 1 aliphatic heterocycles. The van der Waals surface area contributed by atoms with Crippen molar-refractivity contribution in [3.05, 3.63) is 84.8 Å². The normalized spacial score (nSPS) is 15.0. The van der Waals surface area contributed by atoms with Crippen molar-refractivity contribution < 1.29 is 5.11 Å². The number of aliphatic hydroxyl groups is 1. The second-order valence-electron chi connectivity index (χ2n) is 10.5. The molecule has 4 N–H and O–H groups in total. The van der Waals surface area contributed by atoms with E-state index in [0.717, 1.165) is 76.4 Å². The maximum atomic E-state index is 10.6. The number of piperazine rings is 1. The van der Waals surface area contributed by atoms with Crippen molar-refractivity contribution in [2.24, 2.45) is 0 Å². The summed E-state index contributed by atoms with van der Waals surface area (Å²) in [4.78, 5) is 22.0. The van der Waals surface area contributed by atoms with Crippen LogP contribution in [0.2, 0.25) is 0 Å². The third-order valence-electron chi connectivity index (χ3n) is 7.68. The monoisotopic (exact) mass is 545 g/mol. The molecule has 0 saturated carbocycles. The van der Waals surface area contributed by atoms with Crippen LogP contribution in [-0.2, 0) is 6.42 Å². The van der Waals surface area contributed by atoms with Gasteiger partial charge in [0.1, 0.15) is 17.4 Å². The number of fused-ring (bicyclic) bond motifs is 2. The number of anilines is 2. The lowest BCUT2D eigenvalue weighted by molar-refractivity contribution is 0.204. The number of hydrogen-bond donors (Lipinski definition) is 4. The van der Waals surface area contributed by atoms with Gasteiger partial charge in [0, 0.05) is 55.9 Å². The van der Waals surface area contributed by atoms with Gasteiger partial charge in [0.25, 0.3) is 0 Å². The second-order valence-corrected chi connectivity index (χ2v) is 10.5. The van der Waals surface area contributed by atoms with Crippen LogP contribution in [0.4, 0.5) is 11.4 Å². The van der Waals surface area contributed by atoms with Gasteiger partial charge in [0.05, 0.1) is 23.1 Å². The highest BCUT2D eigenvalue weighted by Crippen LogP contribution is 2.32. The van der Waals surface area contributed by atoms with Gasteiger partial charge < -0.3 is 25.2 Å². The summed E-state index contributed by atoms with van der Waals surface area (Å²) in [7, 11) is 2.16. The van der Waals surface area contributed by atoms with Crippen molar-refractivity contribution in [2.75, 3.05) is 43.4 Å². The minimum absolute atomic E-state index is 0.498. The molecule has 0 spiro atoms. The molecule has 0 radical (unpaired) electrons. The summed E-state index contributed by atoms with van der Waals surface area (Å²) >= 11 is 0. The molecule has 1 atom stereocenters. The number of H-pyrrole nitrogens is 2. The van der Waals surface area contributed by atoms with Crippen LogP contribution in [0, 0.1) is 0 Å². The van der Waals surface area contributed by atoms with Gasteiger partial charge in [0.15, 0.2) is 11.5 Å². The molecule has 6 aromatic rings. The number of benzene rings is 2. The molecular weight excluding hydrogens is 514 g/mol. The number of imidazole rings is 1. The average molecular weight is 546 g/mol. The van der Waals surface area contributed by atoms with Gasteiger partial charge in [-0.25, -0.2) is 9.97 Å². The molecule has 1 aliphatic rings. The number of likely N-dealkylation sites (N-methyl/N-ethyl adjacent to an activating group) is 1. The van der Waals surface area contributed by atoms with E-state index in [4.69, 9.17) is 4.98 Å². The molecule has 5 heterocycles. The first-order valence-corrected chi connectivity index (χ1v) is 13.8. The predicted octanol–water partition coefficient (Wildman–Crippen LogP) is 4.29. The summed E-state index contributed by atoms with van der Waals surface area (Å²) in [6.45, 7) is 3.97. The maximum Gasteiger partial charge on any atom is 0.180 e. The van der Waals surface area contributed by atoms with Crippen LogP contribution >= 0.6 is 0 Å². The standard InChI is InChI=1S/C31H31N9O/c1-39-11-13-40(14-12-39)26-9-10-33-30-29(26)35-31(36-30)28-24-17-21(7-8-25(24)37-38-28)22-16-23(19-32-18-22)34-27(41)15-20-5-3-2-4-6-20/h2-10,16-19,27,34,41H,11-15H2,1H3,(H,37,38)(H,33,35,36). The molecule has 1 unspecified atom stereocenters. The van der Waals surface area contributed by atoms with Crippen molar-refractivity contribution in [1.82, 2.24) is 35.0 Å². The lowest BCUT2D eigenvalue weighted by Gasteiger charge is -2.34. The van der Waals surface area contributed by atoms with Crippen LogP contribution in [0.3, 0.4) is 0 Å². The van der Waals surface area contributed by atoms with Crippen LogP contribution in [0.25, 0.3) is 44.7 Å². The summed E-state index contributed by atoms with van der Waals surface area (Å²) < 4.78 is 0. The largest absolute Gasteiger partial charge is 0.373 e. The molecule has 7 rings (SSSR count). The molecule has 10 nitrogen and oxygen atoms in total. The number of hydrogen-bond acceptors (Lipinski definition) is 8. The zero-order chi connectivity index (χ0) is 27.8. The number of nitrogens with zero attached hydrogens (tertiary/aromatic N) is 6. The Labute approximate surface area is 237 Å². The minimum atomic E-state index is -0.727. The highest BCUT2D eigenvalue weighted by molar-refractivity contribution is 5.96. The van der Waals surface area contributed by atoms with Crippen molar-refractivity contribution in [3.8, 4) is 22.6 Å². The van der Waals surface area contributed by atoms with Crippen LogP contribution in [0.15, 0.2) is 79.3 Å². The smallest absolute Gasteiger partial charge is 0.180 e. The van der Waals surface area contributed by atoms with E-state index in [0.29, 0.717) is 17.9 Å². The molecule has 206 valence electrons. The van der Waals surface area contributed by atoms with Gasteiger partial charge in [-0.05, 0) is 42.4 Å². The minimum Gasteiger partial charge on any atom is -0.373 e. The van der Waals surface area contributed by atoms with E-state index in [1.807, 2.05) is 60.9 Å². The van der Waals surface area contributed by atoms with Crippen molar-refractivity contribution in [3.63, 3.8) is 0 Å². The lowest BCUT2D eigenvalue weighted by Crippen LogP contribution is -2.44. The molecule has 0 bridgehead atoms. The Morgan fingerprint density at radius 2 is 1.83 bits per heavy atom. The fourth-order valence-electron chi connectivity index (χ4n) is 5.45. The molecule has 0 aliphatic carbocycles. The third-order valence-corrected chi connectivity index (χ3v) is 7.68. The number of aromatic nitrogens is 6. The zero-order valence-corrected chi connectivity index (χ0v) is 22.7. The Bertz CT molecular complexity index is 1810. The van der Waals surface area contributed by atoms with Crippen molar-refractivity contribution in [2.45, 2.75) is 12.6 Å². The van der Waals surface area contributed by atoms with E-state index in [1.54, 1.807) is 6.20 Å². The summed E-state index contributed by atoms with van der Waals surface area (Å²) in [6.07, 6.45) is 5.14. The van der Waals surface area contributed by atoms with Gasteiger partial charge in [-0.2, -0.15) is 5.10 Å². The Balaban J connectivity index is 1.18. The fourth-order valence-corrected chi connectivity index (χ4v) is 5.45. The fraction of sp³-hybridized carbons (Fsp3) is 0.226. The van der Waals surface area contributed by atoms with E-state index in [9.17, 15) is 5.11 Å². The number of pyridine rings is 2. The van der Waals surface area contributed by atoms with Crippen LogP contribution in [0.1, 0.15) is 5.56 Å². The molecular formula is C31H31N9O. The number of nitrogens with one attached hydrogen (secondary N) is 3. The van der Waals surface area contributed by atoms with Crippen molar-refractivity contribution >= 4 is 33.4 Å². The quantitative estimate of drug-likeness (QED) is 0.219. The van der Waals surface area contributed by atoms with E-state index >= 15 is 0 Å². The second kappa shape index (κ2) is 10.6. The van der Waals surface area contributed by atoms with E-state index in [2.05, 4.69) is 59.4 Å². The molecule has 41 heavy (non-hydrogen) atoms. The summed E-state index contributed by atoms with van der Waals surface area (Å²) in [5, 5.41) is 22.5. The van der Waals surface area contributed by atoms with Gasteiger partial charge in [-0.3, -0.25) is 10.1 Å². The molecule has 1 saturated heterocycles. The molecule has 4 aromatic heterocycles. The first-order valence-electron chi connectivity index (χ1n) is 13.8. The van der Waals surface area contributed by atoms with Gasteiger partial charge in [0.2, 0.25) is 0 Å². The Morgan fingerprint density at radius 3 is 2.68 bits per heavy atom. The van der Waals surface area contributed by atoms with Gasteiger partial charge >= 0.3 is 0 Å². The Morgan fingerprint density at radius 1 is 0.976 bits per heavy atom. The maximum absolute atomic E-state index is 10.6. The SMILES string of the molecule is CN1CCN(c2ccnc3nc(-c4n[nH]c5ccc(-c6cncc(NC(O)Cc7ccccc7)c6)cc45)[nH]c23)CC1. The molecule has 2 aromatic carbocycles. The van der Waals surface area contributed by atoms with Gasteiger partial charge in [-0.1, -0.05) is 36.4 Å². The molecule has 0 amide bonds. The Hall–Kier alpha value is -4.80. The first-order chi connectivity index (χ1) is 20.1. The van der Waals surface area contributed by atoms with Gasteiger partial charge in [-0.15, -0.1) is 0 Å². The number of rotatable bonds is 7. The Kier molecular flexibility index (Phi) is 6.54. The van der Waals surface area contributed by atoms with Crippen LogP contribution in [-0.4, -0.2) is 79.6 Å². The predicted molar refractivity (Wildman–Crippen MR) is 162 cm³/mol. The van der Waals surface area contributed by atoms with Crippen LogP contribution in [0.5, 0.6) is 0 Å². The molecule has 10 heteroatoms. The number of aliphatic hydroxyl groups excluding tert-OH is 1. The third kappa shape index (κ3) is 5.10. The van der Waals surface area contributed by atoms with E-state index < -0.39 is 6.23 Å². The first kappa shape index (κ1) is 25.2.